The molecule has 23 rings (SSSR count). The van der Waals surface area contributed by atoms with Crippen LogP contribution in [0.3, 0.4) is 0 Å². The maximum Gasteiger partial charge on any atom is 0.165 e. The number of aryl methyl sites for hydroxylation is 7. The van der Waals surface area contributed by atoms with Crippen molar-refractivity contribution >= 4 is 117 Å². The lowest BCUT2D eigenvalue weighted by Gasteiger charge is -2.27. The first kappa shape index (κ1) is 92.4. The standard InChI is InChI=1S/C16H20BrN7.2C15H18BrN7.2C15H19N7.C14H19N7/c1-23-8-10(6-20-23)12-7-21-24-15(19)13(17)14(22-16(12)24)9-3-2-4-11(18)5-9;2*1-22-7-9(5-19-22)11-6-20-23-14(18)12(16)13(21-15(11)23)8-2-3-10(17)4-8;2*1-21-8-10(6-18-21)12-7-19-22-14(17)5-13(20-15(12)22)9-2-3-11(16)4-9;1-9(15)3-4-11-5-13(16)21-14(19-11)12(7-18-21)10-6-17-20(2)8-10/h6-9,11H,2-5,18-19H2,1H3;2*5-8,10H,2-4,17-18H2,1H3;2*5-9,11H,2-4,16-17H2,1H3;5-9H,3-4,15-16H2,1-2H3/t9-,11+;8-,10+;8-,10-;9-,11+;9-,11-;/m01111./s1. The fourth-order valence-corrected chi connectivity index (χ4v) is 20.7. The van der Waals surface area contributed by atoms with Crippen LogP contribution in [-0.4, -0.2) is 183 Å². The minimum absolute atomic E-state index is 0.145. The lowest BCUT2D eigenvalue weighted by molar-refractivity contribution is 0.387. The summed E-state index contributed by atoms with van der Waals surface area (Å²) in [6.45, 7) is 1.99. The van der Waals surface area contributed by atoms with Gasteiger partial charge in [0.25, 0.3) is 0 Å². The van der Waals surface area contributed by atoms with Gasteiger partial charge >= 0.3 is 0 Å². The van der Waals surface area contributed by atoms with Gasteiger partial charge in [-0.05, 0) is 164 Å². The average molecular weight is 2020 g/mol. The Balaban J connectivity index is 0.000000108. The molecule has 5 aliphatic carbocycles. The van der Waals surface area contributed by atoms with Crippen molar-refractivity contribution in [2.45, 2.75) is 188 Å². The summed E-state index contributed by atoms with van der Waals surface area (Å²) in [5.74, 6) is 5.28. The van der Waals surface area contributed by atoms with E-state index < -0.39 is 0 Å². The highest BCUT2D eigenvalue weighted by molar-refractivity contribution is 9.11. The van der Waals surface area contributed by atoms with Crippen LogP contribution < -0.4 is 68.8 Å². The first-order valence-corrected chi connectivity index (χ1v) is 47.7. The SMILES string of the molecule is CC(N)CCc1cc(N)n2ncc(-c3cnn(C)c3)c2n1.Cn1cc(-c2cnn3c(N)c(Br)c([C@@H]4CC[C@@H](N)C4)nc23)cn1.Cn1cc(-c2cnn3c(N)c(Br)c([C@@H]4CC[C@H](N)C4)nc23)cn1.Cn1cc(-c2cnn3c(N)c(Br)c([C@H]4CCC[C@@H](N)C4)nc23)cn1.Cn1cc(-c2cnn3c(N)cc([C@@H]4CC[C@@H](N)C4)nc23)cn1.Cn1cc(-c2cnn3c(N)cc([C@@H]4CC[C@H](N)C4)nc23)cn1. The Hall–Kier alpha value is -13.0. The maximum absolute atomic E-state index is 6.32. The number of aromatic nitrogens is 30. The van der Waals surface area contributed by atoms with Crippen LogP contribution in [-0.2, 0) is 48.7 Å². The third-order valence-corrected chi connectivity index (χ3v) is 28.5. The van der Waals surface area contributed by atoms with Crippen molar-refractivity contribution in [3.05, 3.63) is 177 Å². The Kier molecular flexibility index (Phi) is 26.5. The molecule has 0 bridgehead atoms. The highest BCUT2D eigenvalue weighted by Crippen LogP contribution is 2.45. The number of nitrogens with zero attached hydrogens (tertiary/aromatic N) is 30. The van der Waals surface area contributed by atoms with Crippen LogP contribution in [0.15, 0.2) is 143 Å². The summed E-state index contributed by atoms with van der Waals surface area (Å²) in [6, 6.07) is 7.12. The lowest BCUT2D eigenvalue weighted by atomic mass is 9.84. The fourth-order valence-electron chi connectivity index (χ4n) is 19.0. The van der Waals surface area contributed by atoms with Gasteiger partial charge in [0, 0.05) is 247 Å². The predicted octanol–water partition coefficient (Wildman–Crippen LogP) is 10.2. The second kappa shape index (κ2) is 38.8. The molecule has 45 heteroatoms. The minimum Gasteiger partial charge on any atom is -0.384 e. The molecule has 5 aliphatic rings. The molecule has 0 aliphatic heterocycles. The van der Waals surface area contributed by atoms with Gasteiger partial charge in [0.05, 0.1) is 105 Å². The Labute approximate surface area is 801 Å². The number of halogens is 3. The van der Waals surface area contributed by atoms with Gasteiger partial charge in [0.15, 0.2) is 33.9 Å². The van der Waals surface area contributed by atoms with Crippen LogP contribution in [0.5, 0.6) is 0 Å². The normalized spacial score (nSPS) is 20.2. The topological polar surface area (TPSA) is 600 Å². The summed E-state index contributed by atoms with van der Waals surface area (Å²) in [4.78, 5) is 29.0. The van der Waals surface area contributed by atoms with Crippen molar-refractivity contribution in [2.24, 2.45) is 76.7 Å². The van der Waals surface area contributed by atoms with E-state index in [1.54, 1.807) is 98.6 Å². The molecule has 24 N–H and O–H groups in total. The molecule has 18 aromatic rings. The second-order valence-electron chi connectivity index (χ2n) is 36.4. The van der Waals surface area contributed by atoms with E-state index in [-0.39, 0.29) is 36.3 Å². The van der Waals surface area contributed by atoms with Crippen molar-refractivity contribution in [3.63, 3.8) is 0 Å². The van der Waals surface area contributed by atoms with E-state index in [1.807, 2.05) is 136 Å². The van der Waals surface area contributed by atoms with Crippen LogP contribution in [0.4, 0.5) is 34.9 Å². The molecule has 0 aromatic carbocycles. The molecule has 18 heterocycles. The van der Waals surface area contributed by atoms with Crippen molar-refractivity contribution in [1.29, 1.82) is 0 Å². The summed E-state index contributed by atoms with van der Waals surface area (Å²) >= 11 is 10.8. The Morgan fingerprint density at radius 2 is 0.556 bits per heavy atom. The molecule has 42 nitrogen and oxygen atoms in total. The summed E-state index contributed by atoms with van der Waals surface area (Å²) in [6.07, 6.45) is 51.3. The first-order valence-electron chi connectivity index (χ1n) is 45.3. The van der Waals surface area contributed by atoms with E-state index in [4.69, 9.17) is 93.7 Å². The van der Waals surface area contributed by atoms with E-state index in [2.05, 4.69) is 114 Å². The van der Waals surface area contributed by atoms with Crippen LogP contribution in [0.2, 0.25) is 0 Å². The summed E-state index contributed by atoms with van der Waals surface area (Å²) in [5, 5.41) is 51.5. The monoisotopic (exact) mass is 2020 g/mol. The van der Waals surface area contributed by atoms with Gasteiger partial charge in [-0.2, -0.15) is 88.3 Å². The number of nitrogen functional groups attached to an aromatic ring is 6. The zero-order valence-electron chi connectivity index (χ0n) is 76.2. The highest BCUT2D eigenvalue weighted by Gasteiger charge is 2.34. The van der Waals surface area contributed by atoms with Crippen molar-refractivity contribution in [1.82, 2.24) is 146 Å². The van der Waals surface area contributed by atoms with E-state index in [9.17, 15) is 0 Å². The third-order valence-electron chi connectivity index (χ3n) is 26.1. The van der Waals surface area contributed by atoms with Gasteiger partial charge in [0.1, 0.15) is 34.9 Å². The third kappa shape index (κ3) is 19.3. The smallest absolute Gasteiger partial charge is 0.165 e. The molecular formula is C90H113Br3N42. The number of nitrogens with two attached hydrogens (primary N) is 12. The molecule has 0 amide bonds. The van der Waals surface area contributed by atoms with Crippen LogP contribution in [0, 0.1) is 0 Å². The highest BCUT2D eigenvalue weighted by atomic mass is 79.9. The number of hydrogen-bond donors (Lipinski definition) is 12. The van der Waals surface area contributed by atoms with Gasteiger partial charge < -0.3 is 68.8 Å². The minimum atomic E-state index is 0.145. The molecular weight excluding hydrogens is 1910 g/mol. The van der Waals surface area contributed by atoms with Gasteiger partial charge in [-0.3, -0.25) is 28.1 Å². The van der Waals surface area contributed by atoms with Crippen molar-refractivity contribution < 1.29 is 0 Å². The van der Waals surface area contributed by atoms with Crippen LogP contribution in [0.1, 0.15) is 180 Å². The molecule has 5 fully saturated rings. The number of anilines is 6. The first-order chi connectivity index (χ1) is 64.9. The lowest BCUT2D eigenvalue weighted by Crippen LogP contribution is -2.27. The Morgan fingerprint density at radius 3 is 0.815 bits per heavy atom. The van der Waals surface area contributed by atoms with Crippen LogP contribution >= 0.6 is 47.8 Å². The Bertz CT molecular complexity index is 7010. The molecule has 1 unspecified atom stereocenters. The zero-order chi connectivity index (χ0) is 94.6. The van der Waals surface area contributed by atoms with Gasteiger partial charge in [0.2, 0.25) is 0 Å². The molecule has 18 aromatic heterocycles. The summed E-state index contributed by atoms with van der Waals surface area (Å²) in [5.41, 5.74) is 95.5. The summed E-state index contributed by atoms with van der Waals surface area (Å²) in [7, 11) is 11.3. The predicted molar refractivity (Wildman–Crippen MR) is 530 cm³/mol. The van der Waals surface area contributed by atoms with E-state index in [0.29, 0.717) is 64.5 Å². The van der Waals surface area contributed by atoms with Crippen LogP contribution in [0.25, 0.3) is 101 Å². The number of hydrogen-bond acceptors (Lipinski definition) is 30. The largest absolute Gasteiger partial charge is 0.384 e. The molecule has 704 valence electrons. The molecule has 5 saturated carbocycles. The molecule has 0 radical (unpaired) electrons. The van der Waals surface area contributed by atoms with Crippen molar-refractivity contribution in [2.75, 3.05) is 34.4 Å². The molecule has 0 spiro atoms. The molecule has 135 heavy (non-hydrogen) atoms. The quantitative estimate of drug-likeness (QED) is 0.0481. The van der Waals surface area contributed by atoms with Gasteiger partial charge in [-0.25, -0.2) is 29.9 Å². The van der Waals surface area contributed by atoms with Crippen molar-refractivity contribution in [3.8, 4) is 66.8 Å². The summed E-state index contributed by atoms with van der Waals surface area (Å²) < 4.78 is 23.1. The van der Waals surface area contributed by atoms with E-state index >= 15 is 0 Å². The number of rotatable bonds is 14. The zero-order valence-corrected chi connectivity index (χ0v) is 80.9. The number of fused-ring (bicyclic) bond motifs is 6. The fraction of sp³-hybridized carbons (Fsp3) is 0.400. The van der Waals surface area contributed by atoms with E-state index in [1.165, 1.54) is 0 Å². The van der Waals surface area contributed by atoms with Gasteiger partial charge in [-0.15, -0.1) is 0 Å². The van der Waals surface area contributed by atoms with Gasteiger partial charge in [-0.1, -0.05) is 6.42 Å². The van der Waals surface area contributed by atoms with E-state index in [0.717, 1.165) is 264 Å². The molecule has 11 atom stereocenters. The maximum atomic E-state index is 6.32. The average Bonchev–Trinajstić information content (AvgIpc) is 1.65. The second-order valence-corrected chi connectivity index (χ2v) is 38.7. The molecule has 0 saturated heterocycles. The Morgan fingerprint density at radius 1 is 0.304 bits per heavy atom.